The number of nitrogens with one attached hydrogen (secondary N) is 2. The van der Waals surface area contributed by atoms with Crippen molar-refractivity contribution in [1.82, 2.24) is 4.72 Å². The Bertz CT molecular complexity index is 942. The number of benzene rings is 2. The molecule has 0 fully saturated rings. The summed E-state index contributed by atoms with van der Waals surface area (Å²) in [6.07, 6.45) is 1.33. The first-order valence-electron chi connectivity index (χ1n) is 7.64. The Morgan fingerprint density at radius 1 is 1.27 bits per heavy atom. The molecule has 2 N–H and O–H groups in total. The van der Waals surface area contributed by atoms with Gasteiger partial charge in [0.05, 0.1) is 12.8 Å². The highest BCUT2D eigenvalue weighted by atomic mass is 32.2. The van der Waals surface area contributed by atoms with Gasteiger partial charge in [-0.3, -0.25) is 4.79 Å². The zero-order chi connectivity index (χ0) is 19.3. The van der Waals surface area contributed by atoms with Gasteiger partial charge in [-0.25, -0.2) is 17.5 Å². The van der Waals surface area contributed by atoms with Crippen LogP contribution in [-0.4, -0.2) is 28.0 Å². The molecule has 26 heavy (non-hydrogen) atoms. The van der Waals surface area contributed by atoms with Crippen LogP contribution in [0.15, 0.2) is 53.9 Å². The average Bonchev–Trinajstić information content (AvgIpc) is 2.60. The van der Waals surface area contributed by atoms with E-state index in [1.54, 1.807) is 12.1 Å². The predicted octanol–water partition coefficient (Wildman–Crippen LogP) is 2.86. The summed E-state index contributed by atoms with van der Waals surface area (Å²) in [6.45, 7) is 5.19. The molecule has 2 aromatic rings. The number of hydrogen-bond acceptors (Lipinski definition) is 4. The molecule has 0 bridgehead atoms. The number of anilines is 1. The number of sulfonamides is 1. The molecule has 0 aliphatic rings. The minimum absolute atomic E-state index is 0.00561. The lowest BCUT2D eigenvalue weighted by molar-refractivity contribution is 0.102. The quantitative estimate of drug-likeness (QED) is 0.726. The molecule has 0 spiro atoms. The highest BCUT2D eigenvalue weighted by Gasteiger charge is 2.21. The van der Waals surface area contributed by atoms with Crippen LogP contribution in [0.2, 0.25) is 0 Å². The molecule has 2 rings (SSSR count). The number of methoxy groups -OCH3 is 1. The molecule has 0 atom stereocenters. The van der Waals surface area contributed by atoms with E-state index in [1.807, 2.05) is 13.0 Å². The summed E-state index contributed by atoms with van der Waals surface area (Å²) in [5.41, 5.74) is 1.32. The van der Waals surface area contributed by atoms with Crippen molar-refractivity contribution >= 4 is 21.6 Å². The maximum atomic E-state index is 14.0. The summed E-state index contributed by atoms with van der Waals surface area (Å²) < 4.78 is 45.6. The van der Waals surface area contributed by atoms with Crippen LogP contribution in [0.3, 0.4) is 0 Å². The summed E-state index contributed by atoms with van der Waals surface area (Å²) in [7, 11) is -2.64. The Balaban J connectivity index is 2.35. The highest BCUT2D eigenvalue weighted by Crippen LogP contribution is 2.26. The third-order valence-electron chi connectivity index (χ3n) is 3.50. The van der Waals surface area contributed by atoms with E-state index < -0.39 is 26.6 Å². The van der Waals surface area contributed by atoms with Crippen LogP contribution >= 0.6 is 0 Å². The van der Waals surface area contributed by atoms with Gasteiger partial charge in [-0.05, 0) is 42.8 Å². The van der Waals surface area contributed by atoms with Crippen LogP contribution in [0.4, 0.5) is 10.1 Å². The summed E-state index contributed by atoms with van der Waals surface area (Å²) in [6, 6.07) is 8.36. The van der Waals surface area contributed by atoms with E-state index in [1.165, 1.54) is 19.3 Å². The molecule has 0 aromatic heterocycles. The smallest absolute Gasteiger partial charge is 0.255 e. The Morgan fingerprint density at radius 2 is 2.00 bits per heavy atom. The molecule has 2 aromatic carbocycles. The van der Waals surface area contributed by atoms with E-state index in [0.717, 1.165) is 17.7 Å². The molecule has 0 aliphatic carbocycles. The zero-order valence-corrected chi connectivity index (χ0v) is 15.2. The first-order valence-corrected chi connectivity index (χ1v) is 9.13. The van der Waals surface area contributed by atoms with Crippen molar-refractivity contribution in [2.75, 3.05) is 19.0 Å². The molecule has 0 unspecified atom stereocenters. The Labute approximate surface area is 151 Å². The normalized spacial score (nSPS) is 11.0. The topological polar surface area (TPSA) is 84.5 Å². The first kappa shape index (κ1) is 19.6. The molecule has 138 valence electrons. The van der Waals surface area contributed by atoms with Crippen molar-refractivity contribution in [1.29, 1.82) is 0 Å². The lowest BCUT2D eigenvalue weighted by Gasteiger charge is -2.12. The molecule has 8 heteroatoms. The summed E-state index contributed by atoms with van der Waals surface area (Å²) in [4.78, 5) is 11.9. The fourth-order valence-corrected chi connectivity index (χ4v) is 3.31. The standard InChI is InChI=1S/C18H19FN2O4S/c1-4-9-20-26(23,24)17-11-13(6-7-14(17)19)18(22)21-15-10-12(2)5-8-16(15)25-3/h4-8,10-11,20H,1,9H2,2-3H3,(H,21,22). The lowest BCUT2D eigenvalue weighted by atomic mass is 10.1. The lowest BCUT2D eigenvalue weighted by Crippen LogP contribution is -2.25. The number of carbonyl (C=O) groups is 1. The van der Waals surface area contributed by atoms with Crippen molar-refractivity contribution in [3.63, 3.8) is 0 Å². The molecule has 0 aliphatic heterocycles. The van der Waals surface area contributed by atoms with Gasteiger partial charge in [-0.15, -0.1) is 6.58 Å². The maximum Gasteiger partial charge on any atom is 0.255 e. The van der Waals surface area contributed by atoms with Crippen LogP contribution in [0, 0.1) is 12.7 Å². The first-order chi connectivity index (χ1) is 12.3. The minimum Gasteiger partial charge on any atom is -0.495 e. The molecular formula is C18H19FN2O4S. The number of aryl methyl sites for hydroxylation is 1. The van der Waals surface area contributed by atoms with Crippen LogP contribution in [0.25, 0.3) is 0 Å². The van der Waals surface area contributed by atoms with Crippen LogP contribution in [0.5, 0.6) is 5.75 Å². The molecule has 6 nitrogen and oxygen atoms in total. The van der Waals surface area contributed by atoms with Gasteiger partial charge in [0.2, 0.25) is 10.0 Å². The number of halogens is 1. The van der Waals surface area contributed by atoms with E-state index in [4.69, 9.17) is 4.74 Å². The number of amides is 1. The average molecular weight is 378 g/mol. The van der Waals surface area contributed by atoms with Gasteiger partial charge in [0, 0.05) is 12.1 Å². The molecular weight excluding hydrogens is 359 g/mol. The van der Waals surface area contributed by atoms with E-state index in [-0.39, 0.29) is 12.1 Å². The number of hydrogen-bond donors (Lipinski definition) is 2. The molecule has 0 heterocycles. The monoisotopic (exact) mass is 378 g/mol. The Hall–Kier alpha value is -2.71. The van der Waals surface area contributed by atoms with E-state index >= 15 is 0 Å². The van der Waals surface area contributed by atoms with Gasteiger partial charge < -0.3 is 10.1 Å². The van der Waals surface area contributed by atoms with Crippen LogP contribution in [0.1, 0.15) is 15.9 Å². The van der Waals surface area contributed by atoms with E-state index in [9.17, 15) is 17.6 Å². The van der Waals surface area contributed by atoms with Crippen molar-refractivity contribution in [2.24, 2.45) is 0 Å². The highest BCUT2D eigenvalue weighted by molar-refractivity contribution is 7.89. The van der Waals surface area contributed by atoms with Crippen molar-refractivity contribution < 1.29 is 22.3 Å². The fraction of sp³-hybridized carbons (Fsp3) is 0.167. The summed E-state index contributed by atoms with van der Waals surface area (Å²) >= 11 is 0. The SMILES string of the molecule is C=CCNS(=O)(=O)c1cc(C(=O)Nc2cc(C)ccc2OC)ccc1F. The predicted molar refractivity (Wildman–Crippen MR) is 97.5 cm³/mol. The van der Waals surface area contributed by atoms with Gasteiger partial charge in [0.25, 0.3) is 5.91 Å². The van der Waals surface area contributed by atoms with Crippen LogP contribution < -0.4 is 14.8 Å². The Morgan fingerprint density at radius 3 is 2.65 bits per heavy atom. The van der Waals surface area contributed by atoms with Gasteiger partial charge in [0.15, 0.2) is 0 Å². The van der Waals surface area contributed by atoms with Crippen molar-refractivity contribution in [3.05, 3.63) is 66.0 Å². The van der Waals surface area contributed by atoms with Crippen molar-refractivity contribution in [3.8, 4) is 5.75 Å². The second-order valence-electron chi connectivity index (χ2n) is 5.44. The molecule has 1 amide bonds. The third kappa shape index (κ3) is 4.47. The second-order valence-corrected chi connectivity index (χ2v) is 7.18. The fourth-order valence-electron chi connectivity index (χ4n) is 2.21. The second kappa shape index (κ2) is 8.11. The third-order valence-corrected chi connectivity index (χ3v) is 4.94. The van der Waals surface area contributed by atoms with E-state index in [2.05, 4.69) is 16.6 Å². The van der Waals surface area contributed by atoms with Gasteiger partial charge in [0.1, 0.15) is 16.5 Å². The Kier molecular flexibility index (Phi) is 6.12. The minimum atomic E-state index is -4.10. The van der Waals surface area contributed by atoms with Gasteiger partial charge in [-0.1, -0.05) is 12.1 Å². The maximum absolute atomic E-state index is 14.0. The van der Waals surface area contributed by atoms with Crippen LogP contribution in [-0.2, 0) is 10.0 Å². The van der Waals surface area contributed by atoms with Crippen molar-refractivity contribution in [2.45, 2.75) is 11.8 Å². The molecule has 0 saturated carbocycles. The number of rotatable bonds is 7. The number of carbonyl (C=O) groups excluding carboxylic acids is 1. The largest absolute Gasteiger partial charge is 0.495 e. The zero-order valence-electron chi connectivity index (χ0n) is 14.4. The van der Waals surface area contributed by atoms with Gasteiger partial charge >= 0.3 is 0 Å². The molecule has 0 radical (unpaired) electrons. The molecule has 0 saturated heterocycles. The summed E-state index contributed by atoms with van der Waals surface area (Å²) in [5, 5.41) is 2.64. The van der Waals surface area contributed by atoms with E-state index in [0.29, 0.717) is 11.4 Å². The summed E-state index contributed by atoms with van der Waals surface area (Å²) in [5.74, 6) is -1.09. The number of ether oxygens (including phenoxy) is 1. The van der Waals surface area contributed by atoms with Gasteiger partial charge in [-0.2, -0.15) is 0 Å².